The van der Waals surface area contributed by atoms with Crippen molar-refractivity contribution in [3.8, 4) is 0 Å². The molecule has 1 aliphatic rings. The summed E-state index contributed by atoms with van der Waals surface area (Å²) in [5.74, 6) is 1.89. The van der Waals surface area contributed by atoms with Crippen molar-refractivity contribution in [3.05, 3.63) is 21.9 Å². The first-order valence-electron chi connectivity index (χ1n) is 6.48. The normalized spacial score (nSPS) is 25.9. The maximum Gasteiger partial charge on any atom is 0.0216 e. The number of rotatable bonds is 4. The van der Waals surface area contributed by atoms with Gasteiger partial charge in [0, 0.05) is 6.54 Å². The van der Waals surface area contributed by atoms with Crippen LogP contribution in [0.3, 0.4) is 0 Å². The second kappa shape index (κ2) is 5.83. The van der Waals surface area contributed by atoms with Gasteiger partial charge >= 0.3 is 0 Å². The van der Waals surface area contributed by atoms with Crippen LogP contribution in [0.2, 0.25) is 0 Å². The molecule has 0 amide bonds. The molecule has 0 aliphatic heterocycles. The van der Waals surface area contributed by atoms with E-state index in [1.165, 1.54) is 43.4 Å². The predicted molar refractivity (Wildman–Crippen MR) is 71.9 cm³/mol. The second-order valence-corrected chi connectivity index (χ2v) is 6.08. The average molecular weight is 237 g/mol. The van der Waals surface area contributed by atoms with Crippen molar-refractivity contribution >= 4 is 11.3 Å². The summed E-state index contributed by atoms with van der Waals surface area (Å²) in [6.45, 7) is 6.86. The van der Waals surface area contributed by atoms with E-state index in [9.17, 15) is 0 Å². The van der Waals surface area contributed by atoms with E-state index in [0.717, 1.165) is 18.4 Å². The van der Waals surface area contributed by atoms with Gasteiger partial charge in [-0.2, -0.15) is 11.3 Å². The lowest BCUT2D eigenvalue weighted by molar-refractivity contribution is 0.281. The Balaban J connectivity index is 1.67. The Morgan fingerprint density at radius 3 is 2.62 bits per heavy atom. The molecule has 90 valence electrons. The second-order valence-electron chi connectivity index (χ2n) is 5.34. The third kappa shape index (κ3) is 3.33. The summed E-state index contributed by atoms with van der Waals surface area (Å²) in [6, 6.07) is 0. The molecule has 0 aromatic carbocycles. The van der Waals surface area contributed by atoms with Gasteiger partial charge in [0.15, 0.2) is 0 Å². The molecule has 0 radical (unpaired) electrons. The van der Waals surface area contributed by atoms with Crippen LogP contribution in [-0.2, 0) is 6.54 Å². The van der Waals surface area contributed by atoms with E-state index in [2.05, 4.69) is 29.9 Å². The average Bonchev–Trinajstić information content (AvgIpc) is 2.68. The van der Waals surface area contributed by atoms with Gasteiger partial charge in [0.25, 0.3) is 0 Å². The van der Waals surface area contributed by atoms with E-state index >= 15 is 0 Å². The lowest BCUT2D eigenvalue weighted by Crippen LogP contribution is -2.25. The maximum absolute atomic E-state index is 3.62. The first-order chi connectivity index (χ1) is 7.75. The van der Waals surface area contributed by atoms with Crippen LogP contribution in [0.15, 0.2) is 10.8 Å². The highest BCUT2D eigenvalue weighted by atomic mass is 32.1. The molecule has 1 nitrogen and oxygen atoms in total. The first-order valence-corrected chi connectivity index (χ1v) is 7.42. The molecule has 1 aromatic rings. The lowest BCUT2D eigenvalue weighted by atomic mass is 9.83. The van der Waals surface area contributed by atoms with Gasteiger partial charge in [-0.05, 0) is 60.0 Å². The van der Waals surface area contributed by atoms with E-state index in [1.807, 2.05) is 11.3 Å². The fourth-order valence-corrected chi connectivity index (χ4v) is 3.37. The molecular weight excluding hydrogens is 214 g/mol. The number of thiophene rings is 1. The van der Waals surface area contributed by atoms with Crippen LogP contribution in [-0.4, -0.2) is 6.54 Å². The van der Waals surface area contributed by atoms with Crippen molar-refractivity contribution in [2.75, 3.05) is 6.54 Å². The predicted octanol–water partition coefficient (Wildman–Crippen LogP) is 3.97. The van der Waals surface area contributed by atoms with Crippen LogP contribution in [0.4, 0.5) is 0 Å². The zero-order valence-corrected chi connectivity index (χ0v) is 11.3. The third-order valence-electron chi connectivity index (χ3n) is 3.85. The van der Waals surface area contributed by atoms with Gasteiger partial charge in [-0.1, -0.05) is 19.8 Å². The standard InChI is InChI=1S/C14H23NS/c1-11-3-5-13(6-4-11)7-15-8-14-10-16-9-12(14)2/h9-11,13,15H,3-8H2,1-2H3. The van der Waals surface area contributed by atoms with Gasteiger partial charge in [-0.3, -0.25) is 0 Å². The van der Waals surface area contributed by atoms with Crippen LogP contribution in [0.5, 0.6) is 0 Å². The molecule has 1 aliphatic carbocycles. The van der Waals surface area contributed by atoms with Gasteiger partial charge in [0.05, 0.1) is 0 Å². The summed E-state index contributed by atoms with van der Waals surface area (Å²) in [6.07, 6.45) is 5.72. The summed E-state index contributed by atoms with van der Waals surface area (Å²) < 4.78 is 0. The lowest BCUT2D eigenvalue weighted by Gasteiger charge is -2.26. The molecule has 0 saturated heterocycles. The van der Waals surface area contributed by atoms with Crippen LogP contribution >= 0.6 is 11.3 Å². The van der Waals surface area contributed by atoms with E-state index in [0.29, 0.717) is 0 Å². The van der Waals surface area contributed by atoms with Crippen molar-refractivity contribution in [2.45, 2.75) is 46.1 Å². The molecule has 0 bridgehead atoms. The van der Waals surface area contributed by atoms with Gasteiger partial charge in [-0.15, -0.1) is 0 Å². The van der Waals surface area contributed by atoms with Crippen molar-refractivity contribution in [3.63, 3.8) is 0 Å². The van der Waals surface area contributed by atoms with E-state index in [1.54, 1.807) is 0 Å². The largest absolute Gasteiger partial charge is 0.312 e. The first kappa shape index (κ1) is 12.1. The fraction of sp³-hybridized carbons (Fsp3) is 0.714. The molecule has 16 heavy (non-hydrogen) atoms. The van der Waals surface area contributed by atoms with Gasteiger partial charge < -0.3 is 5.32 Å². The molecule has 2 rings (SSSR count). The van der Waals surface area contributed by atoms with Crippen LogP contribution in [0, 0.1) is 18.8 Å². The number of aryl methyl sites for hydroxylation is 1. The molecule has 1 heterocycles. The van der Waals surface area contributed by atoms with Crippen molar-refractivity contribution in [2.24, 2.45) is 11.8 Å². The molecule has 0 atom stereocenters. The third-order valence-corrected chi connectivity index (χ3v) is 4.76. The van der Waals surface area contributed by atoms with Crippen molar-refractivity contribution in [1.82, 2.24) is 5.32 Å². The zero-order chi connectivity index (χ0) is 11.4. The van der Waals surface area contributed by atoms with Crippen molar-refractivity contribution in [1.29, 1.82) is 0 Å². The molecular formula is C14H23NS. The Morgan fingerprint density at radius 1 is 1.25 bits per heavy atom. The number of hydrogen-bond acceptors (Lipinski definition) is 2. The van der Waals surface area contributed by atoms with Crippen LogP contribution in [0.1, 0.15) is 43.7 Å². The van der Waals surface area contributed by atoms with Crippen LogP contribution in [0.25, 0.3) is 0 Å². The molecule has 2 heteroatoms. The minimum atomic E-state index is 0.926. The highest BCUT2D eigenvalue weighted by Gasteiger charge is 2.17. The Morgan fingerprint density at radius 2 is 2.00 bits per heavy atom. The highest BCUT2D eigenvalue weighted by Crippen LogP contribution is 2.27. The van der Waals surface area contributed by atoms with E-state index in [-0.39, 0.29) is 0 Å². The topological polar surface area (TPSA) is 12.0 Å². The summed E-state index contributed by atoms with van der Waals surface area (Å²) in [5, 5.41) is 8.12. The summed E-state index contributed by atoms with van der Waals surface area (Å²) >= 11 is 1.81. The van der Waals surface area contributed by atoms with Gasteiger partial charge in [0.2, 0.25) is 0 Å². The minimum Gasteiger partial charge on any atom is -0.312 e. The Bertz CT molecular complexity index is 310. The Hall–Kier alpha value is -0.340. The van der Waals surface area contributed by atoms with E-state index < -0.39 is 0 Å². The molecule has 0 unspecified atom stereocenters. The molecule has 1 N–H and O–H groups in total. The summed E-state index contributed by atoms with van der Waals surface area (Å²) in [7, 11) is 0. The minimum absolute atomic E-state index is 0.926. The van der Waals surface area contributed by atoms with Crippen molar-refractivity contribution < 1.29 is 0 Å². The SMILES string of the molecule is Cc1cscc1CNCC1CCC(C)CC1. The highest BCUT2D eigenvalue weighted by molar-refractivity contribution is 7.08. The molecule has 0 spiro atoms. The quantitative estimate of drug-likeness (QED) is 0.835. The zero-order valence-electron chi connectivity index (χ0n) is 10.5. The number of hydrogen-bond donors (Lipinski definition) is 1. The monoisotopic (exact) mass is 237 g/mol. The number of nitrogens with one attached hydrogen (secondary N) is 1. The summed E-state index contributed by atoms with van der Waals surface area (Å²) in [4.78, 5) is 0. The summed E-state index contributed by atoms with van der Waals surface area (Å²) in [5.41, 5.74) is 2.92. The fourth-order valence-electron chi connectivity index (χ4n) is 2.51. The Kier molecular flexibility index (Phi) is 4.42. The molecule has 1 aromatic heterocycles. The smallest absolute Gasteiger partial charge is 0.0216 e. The Labute approximate surface area is 103 Å². The van der Waals surface area contributed by atoms with Crippen LogP contribution < -0.4 is 5.32 Å². The van der Waals surface area contributed by atoms with E-state index in [4.69, 9.17) is 0 Å². The van der Waals surface area contributed by atoms with Gasteiger partial charge in [0.1, 0.15) is 0 Å². The molecule has 1 saturated carbocycles. The van der Waals surface area contributed by atoms with Gasteiger partial charge in [-0.25, -0.2) is 0 Å². The molecule has 1 fully saturated rings. The maximum atomic E-state index is 3.62.